The molecule has 2 heterocycles. The van der Waals surface area contributed by atoms with Crippen molar-refractivity contribution in [2.24, 2.45) is 0 Å². The quantitative estimate of drug-likeness (QED) is 0.872. The molecule has 0 aliphatic carbocycles. The molecule has 0 bridgehead atoms. The van der Waals surface area contributed by atoms with Gasteiger partial charge >= 0.3 is 0 Å². The van der Waals surface area contributed by atoms with Crippen molar-refractivity contribution < 1.29 is 5.11 Å². The van der Waals surface area contributed by atoms with E-state index in [0.717, 1.165) is 13.0 Å². The van der Waals surface area contributed by atoms with Gasteiger partial charge in [0.2, 0.25) is 0 Å². The lowest BCUT2D eigenvalue weighted by Crippen LogP contribution is -2.49. The number of hydrogen-bond donors (Lipinski definition) is 2. The lowest BCUT2D eigenvalue weighted by Gasteiger charge is -2.32. The monoisotopic (exact) mass is 293 g/mol. The summed E-state index contributed by atoms with van der Waals surface area (Å²) in [4.78, 5) is 16.7. The van der Waals surface area contributed by atoms with Gasteiger partial charge in [-0.3, -0.25) is 9.36 Å². The van der Waals surface area contributed by atoms with Crippen LogP contribution in [-0.2, 0) is 6.54 Å². The van der Waals surface area contributed by atoms with Crippen molar-refractivity contribution in [1.82, 2.24) is 14.9 Å². The molecule has 1 atom stereocenters. The smallest absolute Gasteiger partial charge is 0.262 e. The van der Waals surface area contributed by atoms with Crippen molar-refractivity contribution in [2.75, 3.05) is 13.1 Å². The van der Waals surface area contributed by atoms with Crippen LogP contribution >= 0.6 is 11.6 Å². The van der Waals surface area contributed by atoms with Gasteiger partial charge < -0.3 is 10.4 Å². The zero-order valence-corrected chi connectivity index (χ0v) is 11.7. The van der Waals surface area contributed by atoms with E-state index >= 15 is 0 Å². The fourth-order valence-electron chi connectivity index (χ4n) is 2.68. The lowest BCUT2D eigenvalue weighted by atomic mass is 9.94. The van der Waals surface area contributed by atoms with Gasteiger partial charge in [-0.05, 0) is 31.5 Å². The molecule has 6 heteroatoms. The van der Waals surface area contributed by atoms with Crippen LogP contribution < -0.4 is 10.9 Å². The van der Waals surface area contributed by atoms with Gasteiger partial charge in [-0.2, -0.15) is 0 Å². The third-order valence-corrected chi connectivity index (χ3v) is 4.03. The van der Waals surface area contributed by atoms with Crippen molar-refractivity contribution in [2.45, 2.75) is 25.0 Å². The van der Waals surface area contributed by atoms with Crippen molar-refractivity contribution in [3.8, 4) is 0 Å². The van der Waals surface area contributed by atoms with E-state index in [2.05, 4.69) is 10.3 Å². The van der Waals surface area contributed by atoms with Crippen molar-refractivity contribution >= 4 is 22.5 Å². The second kappa shape index (κ2) is 5.16. The van der Waals surface area contributed by atoms with Crippen LogP contribution in [0.5, 0.6) is 0 Å². The number of nitrogens with one attached hydrogen (secondary N) is 1. The Labute approximate surface area is 121 Å². The van der Waals surface area contributed by atoms with Crippen LogP contribution in [0.15, 0.2) is 29.3 Å². The number of nitrogens with zero attached hydrogens (tertiary/aromatic N) is 2. The van der Waals surface area contributed by atoms with Gasteiger partial charge in [0.25, 0.3) is 5.56 Å². The zero-order chi connectivity index (χ0) is 14.2. The number of fused-ring (bicyclic) bond motifs is 1. The molecule has 3 rings (SSSR count). The van der Waals surface area contributed by atoms with E-state index in [1.54, 1.807) is 18.2 Å². The van der Waals surface area contributed by atoms with E-state index in [4.69, 9.17) is 11.6 Å². The van der Waals surface area contributed by atoms with E-state index in [1.807, 2.05) is 0 Å². The van der Waals surface area contributed by atoms with Crippen LogP contribution in [0, 0.1) is 0 Å². The molecule has 2 N–H and O–H groups in total. The molecule has 5 nitrogen and oxygen atoms in total. The minimum absolute atomic E-state index is 0.209. The Balaban J connectivity index is 2.02. The SMILES string of the molecule is O=c1c2c(Cl)cccc2ncn1CC1(O)CCCNC1. The van der Waals surface area contributed by atoms with E-state index in [-0.39, 0.29) is 12.1 Å². The normalized spacial score (nSPS) is 23.1. The number of piperidine rings is 1. The predicted molar refractivity (Wildman–Crippen MR) is 78.1 cm³/mol. The highest BCUT2D eigenvalue weighted by atomic mass is 35.5. The van der Waals surface area contributed by atoms with Crippen LogP contribution in [0.4, 0.5) is 0 Å². The number of halogens is 1. The number of β-amino-alcohol motifs (C(OH)–C–C–N with tert-alkyl or cyclic N) is 1. The van der Waals surface area contributed by atoms with Gasteiger partial charge in [-0.1, -0.05) is 17.7 Å². The third kappa shape index (κ3) is 2.44. The standard InChI is InChI=1S/C14H16ClN3O2/c15-10-3-1-4-11-12(10)13(19)18(9-17-11)8-14(20)5-2-6-16-7-14/h1,3-4,9,16,20H,2,5-8H2. The highest BCUT2D eigenvalue weighted by Crippen LogP contribution is 2.20. The zero-order valence-electron chi connectivity index (χ0n) is 11.0. The van der Waals surface area contributed by atoms with Crippen LogP contribution in [0.3, 0.4) is 0 Å². The molecular weight excluding hydrogens is 278 g/mol. The summed E-state index contributed by atoms with van der Waals surface area (Å²) < 4.78 is 1.45. The first kappa shape index (κ1) is 13.5. The summed E-state index contributed by atoms with van der Waals surface area (Å²) in [5, 5.41) is 14.5. The van der Waals surface area contributed by atoms with Crippen molar-refractivity contribution in [1.29, 1.82) is 0 Å². The van der Waals surface area contributed by atoms with Crippen molar-refractivity contribution in [3.05, 3.63) is 39.9 Å². The Bertz CT molecular complexity index is 692. The second-order valence-electron chi connectivity index (χ2n) is 5.32. The molecule has 0 radical (unpaired) electrons. The Hall–Kier alpha value is -1.43. The number of aromatic nitrogens is 2. The van der Waals surface area contributed by atoms with E-state index in [1.165, 1.54) is 10.9 Å². The fourth-order valence-corrected chi connectivity index (χ4v) is 2.93. The molecule has 1 unspecified atom stereocenters. The number of rotatable bonds is 2. The summed E-state index contributed by atoms with van der Waals surface area (Å²) >= 11 is 6.08. The summed E-state index contributed by atoms with van der Waals surface area (Å²) in [6, 6.07) is 5.19. The molecule has 0 spiro atoms. The molecule has 2 aromatic rings. The molecule has 1 aliphatic heterocycles. The Kier molecular flexibility index (Phi) is 3.50. The third-order valence-electron chi connectivity index (χ3n) is 3.72. The van der Waals surface area contributed by atoms with Gasteiger partial charge in [0, 0.05) is 6.54 Å². The first-order valence-corrected chi connectivity index (χ1v) is 7.04. The first-order chi connectivity index (χ1) is 9.59. The Morgan fingerprint density at radius 2 is 2.35 bits per heavy atom. The summed E-state index contributed by atoms with van der Waals surface area (Å²) in [7, 11) is 0. The second-order valence-corrected chi connectivity index (χ2v) is 5.72. The molecule has 1 aromatic heterocycles. The average molecular weight is 294 g/mol. The maximum atomic E-state index is 12.5. The summed E-state index contributed by atoms with van der Waals surface area (Å²) in [5.41, 5.74) is -0.536. The van der Waals surface area contributed by atoms with E-state index in [0.29, 0.717) is 28.9 Å². The van der Waals surface area contributed by atoms with Crippen molar-refractivity contribution in [3.63, 3.8) is 0 Å². The Morgan fingerprint density at radius 1 is 1.50 bits per heavy atom. The number of benzene rings is 1. The molecule has 0 saturated carbocycles. The lowest BCUT2D eigenvalue weighted by molar-refractivity contribution is -0.000246. The van der Waals surface area contributed by atoms with Gasteiger partial charge in [-0.15, -0.1) is 0 Å². The number of aliphatic hydroxyl groups is 1. The maximum Gasteiger partial charge on any atom is 0.262 e. The van der Waals surface area contributed by atoms with Gasteiger partial charge in [-0.25, -0.2) is 4.98 Å². The molecular formula is C14H16ClN3O2. The summed E-state index contributed by atoms with van der Waals surface area (Å²) in [6.45, 7) is 1.62. The minimum Gasteiger partial charge on any atom is -0.387 e. The number of hydrogen-bond acceptors (Lipinski definition) is 4. The minimum atomic E-state index is -0.904. The average Bonchev–Trinajstić information content (AvgIpc) is 2.43. The highest BCUT2D eigenvalue weighted by Gasteiger charge is 2.30. The van der Waals surface area contributed by atoms with Gasteiger partial charge in [0.1, 0.15) is 0 Å². The van der Waals surface area contributed by atoms with Gasteiger partial charge in [0.15, 0.2) is 0 Å². The molecule has 106 valence electrons. The predicted octanol–water partition coefficient (Wildman–Crippen LogP) is 1.16. The van der Waals surface area contributed by atoms with Crippen LogP contribution in [0.25, 0.3) is 10.9 Å². The largest absolute Gasteiger partial charge is 0.387 e. The maximum absolute atomic E-state index is 12.5. The molecule has 1 aromatic carbocycles. The molecule has 0 amide bonds. The molecule has 1 aliphatic rings. The van der Waals surface area contributed by atoms with Crippen LogP contribution in [-0.4, -0.2) is 33.3 Å². The highest BCUT2D eigenvalue weighted by molar-refractivity contribution is 6.35. The molecule has 20 heavy (non-hydrogen) atoms. The van der Waals surface area contributed by atoms with E-state index < -0.39 is 5.60 Å². The van der Waals surface area contributed by atoms with Crippen LogP contribution in [0.2, 0.25) is 5.02 Å². The Morgan fingerprint density at radius 3 is 3.10 bits per heavy atom. The summed E-state index contributed by atoms with van der Waals surface area (Å²) in [5.74, 6) is 0. The fraction of sp³-hybridized carbons (Fsp3) is 0.429. The molecule has 1 saturated heterocycles. The van der Waals surface area contributed by atoms with Crippen LogP contribution in [0.1, 0.15) is 12.8 Å². The molecule has 1 fully saturated rings. The van der Waals surface area contributed by atoms with Gasteiger partial charge in [0.05, 0.1) is 34.4 Å². The summed E-state index contributed by atoms with van der Waals surface area (Å²) in [6.07, 6.45) is 3.05. The van der Waals surface area contributed by atoms with E-state index in [9.17, 15) is 9.90 Å². The topological polar surface area (TPSA) is 67.2 Å². The first-order valence-electron chi connectivity index (χ1n) is 6.66.